The number of hydrogen-bond acceptors (Lipinski definition) is 7. The molecule has 0 aliphatic rings. The fourth-order valence-electron chi connectivity index (χ4n) is 2.59. The van der Waals surface area contributed by atoms with Crippen molar-refractivity contribution in [1.29, 1.82) is 0 Å². The molecule has 0 rings (SSSR count). The summed E-state index contributed by atoms with van der Waals surface area (Å²) in [6.45, 7) is 4.90. The second kappa shape index (κ2) is 14.0. The molecule has 13 nitrogen and oxygen atoms in total. The Kier molecular flexibility index (Phi) is 12.6. The lowest BCUT2D eigenvalue weighted by molar-refractivity contribution is -0.143. The molecule has 0 aliphatic carbocycles. The van der Waals surface area contributed by atoms with Crippen LogP contribution in [0.25, 0.3) is 0 Å². The van der Waals surface area contributed by atoms with Crippen LogP contribution in [0.1, 0.15) is 52.9 Å². The van der Waals surface area contributed by atoms with Crippen molar-refractivity contribution >= 4 is 35.6 Å². The molecule has 0 aromatic carbocycles. The van der Waals surface area contributed by atoms with E-state index < -0.39 is 66.2 Å². The van der Waals surface area contributed by atoms with Crippen LogP contribution in [0.4, 0.5) is 0 Å². The number of carboxylic acids is 3. The Morgan fingerprint density at radius 2 is 1.22 bits per heavy atom. The Morgan fingerprint density at radius 3 is 1.69 bits per heavy atom. The average molecular weight is 460 g/mol. The summed E-state index contributed by atoms with van der Waals surface area (Å²) in [5.74, 6) is -6.06. The highest BCUT2D eigenvalue weighted by atomic mass is 16.4. The largest absolute Gasteiger partial charge is 0.481 e. The highest BCUT2D eigenvalue weighted by Crippen LogP contribution is 2.07. The highest BCUT2D eigenvalue weighted by molar-refractivity contribution is 5.94. The number of rotatable bonds is 15. The van der Waals surface area contributed by atoms with Crippen molar-refractivity contribution in [3.05, 3.63) is 0 Å². The van der Waals surface area contributed by atoms with Gasteiger partial charge in [0.15, 0.2) is 0 Å². The number of amides is 3. The molecule has 0 aromatic rings. The zero-order valence-electron chi connectivity index (χ0n) is 18.3. The lowest BCUT2D eigenvalue weighted by atomic mass is 10.0. The Bertz CT molecular complexity index is 711. The van der Waals surface area contributed by atoms with Gasteiger partial charge >= 0.3 is 17.9 Å². The van der Waals surface area contributed by atoms with Crippen LogP contribution in [-0.4, -0.2) is 75.1 Å². The molecule has 0 radical (unpaired) electrons. The van der Waals surface area contributed by atoms with Gasteiger partial charge in [-0.1, -0.05) is 13.8 Å². The van der Waals surface area contributed by atoms with Gasteiger partial charge in [0.2, 0.25) is 17.7 Å². The molecule has 0 saturated heterocycles. The van der Waals surface area contributed by atoms with E-state index in [4.69, 9.17) is 21.1 Å². The van der Waals surface area contributed by atoms with E-state index in [-0.39, 0.29) is 31.6 Å². The number of carbonyl (C=O) groups excluding carboxylic acids is 3. The van der Waals surface area contributed by atoms with Crippen LogP contribution in [0.3, 0.4) is 0 Å². The van der Waals surface area contributed by atoms with E-state index in [0.29, 0.717) is 0 Å². The molecule has 0 heterocycles. The van der Waals surface area contributed by atoms with Crippen molar-refractivity contribution in [2.24, 2.45) is 11.7 Å². The predicted octanol–water partition coefficient (Wildman–Crippen LogP) is -1.35. The van der Waals surface area contributed by atoms with Gasteiger partial charge in [0.1, 0.15) is 18.1 Å². The molecule has 0 spiro atoms. The molecule has 4 atom stereocenters. The molecular formula is C19H32N4O9. The van der Waals surface area contributed by atoms with Gasteiger partial charge in [-0.05, 0) is 32.1 Å². The normalized spacial score (nSPS) is 14.5. The summed E-state index contributed by atoms with van der Waals surface area (Å²) in [4.78, 5) is 69.6. The molecule has 182 valence electrons. The van der Waals surface area contributed by atoms with Crippen LogP contribution in [0.2, 0.25) is 0 Å². The van der Waals surface area contributed by atoms with E-state index in [0.717, 1.165) is 0 Å². The molecule has 0 aromatic heterocycles. The summed E-state index contributed by atoms with van der Waals surface area (Å²) in [6.07, 6.45) is -1.05. The summed E-state index contributed by atoms with van der Waals surface area (Å²) in [7, 11) is 0. The minimum Gasteiger partial charge on any atom is -0.481 e. The van der Waals surface area contributed by atoms with Gasteiger partial charge in [-0.2, -0.15) is 0 Å². The van der Waals surface area contributed by atoms with Gasteiger partial charge in [0.25, 0.3) is 0 Å². The van der Waals surface area contributed by atoms with Gasteiger partial charge in [-0.15, -0.1) is 0 Å². The molecule has 0 aliphatic heterocycles. The van der Waals surface area contributed by atoms with Crippen LogP contribution in [-0.2, 0) is 28.8 Å². The standard InChI is InChI=1S/C19H32N4O9/c1-9(2)8-13(23-17(29)11(20)4-6-14(24)25)18(30)21-10(3)16(28)22-12(19(31)32)5-7-15(26)27/h9-13H,4-8,20H2,1-3H3,(H,21,30)(H,22,28)(H,23,29)(H,24,25)(H,26,27)(H,31,32). The first kappa shape index (κ1) is 28.8. The van der Waals surface area contributed by atoms with Crippen molar-refractivity contribution < 1.29 is 44.1 Å². The summed E-state index contributed by atoms with van der Waals surface area (Å²) >= 11 is 0. The lowest BCUT2D eigenvalue weighted by Crippen LogP contribution is -2.56. The Hall–Kier alpha value is -3.22. The summed E-state index contributed by atoms with van der Waals surface area (Å²) in [6, 6.07) is -4.83. The molecule has 4 unspecified atom stereocenters. The molecular weight excluding hydrogens is 428 g/mol. The highest BCUT2D eigenvalue weighted by Gasteiger charge is 2.29. The van der Waals surface area contributed by atoms with Crippen LogP contribution in [0.5, 0.6) is 0 Å². The quantitative estimate of drug-likeness (QED) is 0.152. The summed E-state index contributed by atoms with van der Waals surface area (Å²) in [5, 5.41) is 33.5. The van der Waals surface area contributed by atoms with Gasteiger partial charge in [-0.25, -0.2) is 4.79 Å². The van der Waals surface area contributed by atoms with Crippen LogP contribution >= 0.6 is 0 Å². The number of nitrogens with two attached hydrogens (primary N) is 1. The Balaban J connectivity index is 5.05. The van der Waals surface area contributed by atoms with Crippen molar-refractivity contribution in [3.8, 4) is 0 Å². The number of nitrogens with one attached hydrogen (secondary N) is 3. The second-order valence-corrected chi connectivity index (χ2v) is 7.79. The van der Waals surface area contributed by atoms with E-state index in [1.54, 1.807) is 13.8 Å². The average Bonchev–Trinajstić information content (AvgIpc) is 2.67. The molecule has 3 amide bonds. The maximum Gasteiger partial charge on any atom is 0.326 e. The number of carboxylic acid groups (broad SMARTS) is 3. The van der Waals surface area contributed by atoms with Crippen molar-refractivity contribution in [1.82, 2.24) is 16.0 Å². The van der Waals surface area contributed by atoms with E-state index in [2.05, 4.69) is 16.0 Å². The van der Waals surface area contributed by atoms with Crippen molar-refractivity contribution in [3.63, 3.8) is 0 Å². The molecule has 0 bridgehead atoms. The number of carbonyl (C=O) groups is 6. The fraction of sp³-hybridized carbons (Fsp3) is 0.684. The Labute approximate surface area is 185 Å². The summed E-state index contributed by atoms with van der Waals surface area (Å²) < 4.78 is 0. The molecule has 32 heavy (non-hydrogen) atoms. The molecule has 13 heteroatoms. The topological polar surface area (TPSA) is 225 Å². The molecule has 8 N–H and O–H groups in total. The lowest BCUT2D eigenvalue weighted by Gasteiger charge is -2.24. The zero-order chi connectivity index (χ0) is 25.0. The minimum atomic E-state index is -1.45. The van der Waals surface area contributed by atoms with Crippen LogP contribution < -0.4 is 21.7 Å². The van der Waals surface area contributed by atoms with Crippen molar-refractivity contribution in [2.45, 2.75) is 77.0 Å². The molecule has 0 saturated carbocycles. The number of aliphatic carboxylic acids is 3. The summed E-state index contributed by atoms with van der Waals surface area (Å²) in [5.41, 5.74) is 5.66. The monoisotopic (exact) mass is 460 g/mol. The third-order valence-corrected chi connectivity index (χ3v) is 4.36. The van der Waals surface area contributed by atoms with Gasteiger partial charge in [0.05, 0.1) is 6.04 Å². The zero-order valence-corrected chi connectivity index (χ0v) is 18.3. The van der Waals surface area contributed by atoms with E-state index in [1.807, 2.05) is 0 Å². The van der Waals surface area contributed by atoms with Gasteiger partial charge < -0.3 is 37.0 Å². The second-order valence-electron chi connectivity index (χ2n) is 7.79. The van der Waals surface area contributed by atoms with Crippen molar-refractivity contribution in [2.75, 3.05) is 0 Å². The third kappa shape index (κ3) is 11.8. The first-order valence-corrected chi connectivity index (χ1v) is 10.1. The SMILES string of the molecule is CC(C)CC(NC(=O)C(N)CCC(=O)O)C(=O)NC(C)C(=O)NC(CCC(=O)O)C(=O)O. The molecule has 0 fully saturated rings. The Morgan fingerprint density at radius 1 is 0.719 bits per heavy atom. The van der Waals surface area contributed by atoms with Gasteiger partial charge in [0, 0.05) is 12.8 Å². The predicted molar refractivity (Wildman–Crippen MR) is 110 cm³/mol. The van der Waals surface area contributed by atoms with Crippen LogP contribution in [0.15, 0.2) is 0 Å². The first-order valence-electron chi connectivity index (χ1n) is 10.1. The van der Waals surface area contributed by atoms with E-state index >= 15 is 0 Å². The maximum absolute atomic E-state index is 12.6. The smallest absolute Gasteiger partial charge is 0.326 e. The van der Waals surface area contributed by atoms with Crippen LogP contribution in [0, 0.1) is 5.92 Å². The van der Waals surface area contributed by atoms with E-state index in [9.17, 15) is 28.8 Å². The number of hydrogen-bond donors (Lipinski definition) is 7. The maximum atomic E-state index is 12.6. The minimum absolute atomic E-state index is 0.0298. The first-order chi connectivity index (χ1) is 14.7. The van der Waals surface area contributed by atoms with E-state index in [1.165, 1.54) is 6.92 Å². The third-order valence-electron chi connectivity index (χ3n) is 4.36. The fourth-order valence-corrected chi connectivity index (χ4v) is 2.59. The van der Waals surface area contributed by atoms with Gasteiger partial charge in [-0.3, -0.25) is 24.0 Å².